The molecule has 6 heteroatoms. The van der Waals surface area contributed by atoms with Gasteiger partial charge in [-0.05, 0) is 38.2 Å². The molecule has 2 aromatic rings. The fraction of sp³-hybridized carbons (Fsp3) is 0.389. The lowest BCUT2D eigenvalue weighted by atomic mass is 10.3. The van der Waals surface area contributed by atoms with Crippen molar-refractivity contribution in [3.63, 3.8) is 0 Å². The lowest BCUT2D eigenvalue weighted by Gasteiger charge is -2.13. The van der Waals surface area contributed by atoms with E-state index in [1.807, 2.05) is 0 Å². The number of aromatic nitrogens is 3. The van der Waals surface area contributed by atoms with E-state index < -0.39 is 12.1 Å². The van der Waals surface area contributed by atoms with Crippen molar-refractivity contribution in [3.8, 4) is 17.7 Å². The second-order valence-electron chi connectivity index (χ2n) is 5.16. The molecule has 0 amide bonds. The number of carbonyl (C=O) groups is 1. The summed E-state index contributed by atoms with van der Waals surface area (Å²) in [5, 5.41) is 4.10. The zero-order valence-corrected chi connectivity index (χ0v) is 14.3. The van der Waals surface area contributed by atoms with Crippen molar-refractivity contribution in [3.05, 3.63) is 42.4 Å². The van der Waals surface area contributed by atoms with Crippen LogP contribution < -0.4 is 0 Å². The molecule has 0 aliphatic rings. The Labute approximate surface area is 142 Å². The van der Waals surface area contributed by atoms with Crippen molar-refractivity contribution in [2.24, 2.45) is 0 Å². The molecule has 0 radical (unpaired) electrons. The van der Waals surface area contributed by atoms with Crippen LogP contribution in [0.5, 0.6) is 0 Å². The molecule has 0 bridgehead atoms. The predicted octanol–water partition coefficient (Wildman–Crippen LogP) is 2.16. The topological polar surface area (TPSA) is 60.2 Å². The van der Waals surface area contributed by atoms with Gasteiger partial charge in [-0.25, -0.2) is 14.5 Å². The smallest absolute Gasteiger partial charge is 0.358 e. The third-order valence-corrected chi connectivity index (χ3v) is 3.47. The molecule has 24 heavy (non-hydrogen) atoms. The molecule has 126 valence electrons. The first-order valence-corrected chi connectivity index (χ1v) is 8.02. The second kappa shape index (κ2) is 8.85. The number of hydrogen-bond acceptors (Lipinski definition) is 5. The SMILES string of the molecule is CCN(CC)CC#C[C@@H](C)OC(=O)c1cccc(-n2cccn2)n1. The van der Waals surface area contributed by atoms with E-state index in [9.17, 15) is 4.79 Å². The fourth-order valence-electron chi connectivity index (χ4n) is 2.07. The Morgan fingerprint density at radius 2 is 2.12 bits per heavy atom. The molecular formula is C18H22N4O2. The summed E-state index contributed by atoms with van der Waals surface area (Å²) < 4.78 is 6.92. The summed E-state index contributed by atoms with van der Waals surface area (Å²) in [5.74, 6) is 6.06. The Morgan fingerprint density at radius 3 is 2.79 bits per heavy atom. The molecule has 0 fully saturated rings. The number of rotatable bonds is 6. The number of esters is 1. The van der Waals surface area contributed by atoms with Gasteiger partial charge in [-0.1, -0.05) is 31.8 Å². The highest BCUT2D eigenvalue weighted by molar-refractivity contribution is 5.87. The zero-order chi connectivity index (χ0) is 17.4. The van der Waals surface area contributed by atoms with Gasteiger partial charge in [-0.2, -0.15) is 5.10 Å². The Hall–Kier alpha value is -2.65. The molecule has 0 saturated heterocycles. The number of carbonyl (C=O) groups excluding carboxylic acids is 1. The molecule has 0 spiro atoms. The molecule has 0 unspecified atom stereocenters. The summed E-state index contributed by atoms with van der Waals surface area (Å²) in [6, 6.07) is 6.93. The minimum atomic E-state index is -0.492. The standard InChI is InChI=1S/C18H22N4O2/c1-4-21(5-2)13-7-9-15(3)24-18(23)16-10-6-11-17(20-16)22-14-8-12-19-22/h6,8,10-12,14-15H,4-5,13H2,1-3H3/t15-/m1/s1. The summed E-state index contributed by atoms with van der Waals surface area (Å²) in [6.45, 7) is 8.50. The maximum atomic E-state index is 12.2. The minimum Gasteiger partial charge on any atom is -0.445 e. The van der Waals surface area contributed by atoms with E-state index >= 15 is 0 Å². The highest BCUT2D eigenvalue weighted by atomic mass is 16.5. The summed E-state index contributed by atoms with van der Waals surface area (Å²) in [5.41, 5.74) is 0.236. The van der Waals surface area contributed by atoms with Gasteiger partial charge in [0.1, 0.15) is 0 Å². The number of ether oxygens (including phenoxy) is 1. The predicted molar refractivity (Wildman–Crippen MR) is 91.8 cm³/mol. The van der Waals surface area contributed by atoms with E-state index in [1.165, 1.54) is 0 Å². The molecular weight excluding hydrogens is 304 g/mol. The van der Waals surface area contributed by atoms with Crippen LogP contribution in [0.2, 0.25) is 0 Å². The highest BCUT2D eigenvalue weighted by Gasteiger charge is 2.13. The molecule has 2 heterocycles. The van der Waals surface area contributed by atoms with Crippen molar-refractivity contribution in [2.75, 3.05) is 19.6 Å². The van der Waals surface area contributed by atoms with Crippen LogP contribution >= 0.6 is 0 Å². The lowest BCUT2D eigenvalue weighted by Crippen LogP contribution is -2.23. The summed E-state index contributed by atoms with van der Waals surface area (Å²) in [6.07, 6.45) is 2.93. The molecule has 2 rings (SSSR count). The maximum Gasteiger partial charge on any atom is 0.358 e. The lowest BCUT2D eigenvalue weighted by molar-refractivity contribution is 0.0431. The third-order valence-electron chi connectivity index (χ3n) is 3.47. The first-order chi connectivity index (χ1) is 11.6. The molecule has 0 N–H and O–H groups in total. The average molecular weight is 326 g/mol. The van der Waals surface area contributed by atoms with Gasteiger partial charge in [-0.3, -0.25) is 4.90 Å². The summed E-state index contributed by atoms with van der Waals surface area (Å²) in [4.78, 5) is 18.7. The van der Waals surface area contributed by atoms with Crippen molar-refractivity contribution in [1.82, 2.24) is 19.7 Å². The van der Waals surface area contributed by atoms with Crippen LogP contribution in [0.3, 0.4) is 0 Å². The van der Waals surface area contributed by atoms with Crippen LogP contribution in [-0.2, 0) is 4.74 Å². The van der Waals surface area contributed by atoms with Gasteiger partial charge in [0.25, 0.3) is 0 Å². The minimum absolute atomic E-state index is 0.236. The number of hydrogen-bond donors (Lipinski definition) is 0. The maximum absolute atomic E-state index is 12.2. The van der Waals surface area contributed by atoms with E-state index in [1.54, 1.807) is 48.3 Å². The van der Waals surface area contributed by atoms with Gasteiger partial charge in [0.2, 0.25) is 0 Å². The summed E-state index contributed by atoms with van der Waals surface area (Å²) >= 11 is 0. The monoisotopic (exact) mass is 326 g/mol. The van der Waals surface area contributed by atoms with Crippen LogP contribution in [0.4, 0.5) is 0 Å². The van der Waals surface area contributed by atoms with Crippen molar-refractivity contribution >= 4 is 5.97 Å². The van der Waals surface area contributed by atoms with E-state index in [0.717, 1.165) is 13.1 Å². The van der Waals surface area contributed by atoms with Gasteiger partial charge >= 0.3 is 5.97 Å². The van der Waals surface area contributed by atoms with Crippen molar-refractivity contribution in [1.29, 1.82) is 0 Å². The molecule has 2 aromatic heterocycles. The Balaban J connectivity index is 1.97. The van der Waals surface area contributed by atoms with Crippen LogP contribution in [0.25, 0.3) is 5.82 Å². The van der Waals surface area contributed by atoms with E-state index in [0.29, 0.717) is 12.4 Å². The van der Waals surface area contributed by atoms with Crippen LogP contribution in [-0.4, -0.2) is 51.4 Å². The first kappa shape index (κ1) is 17.7. The summed E-state index contributed by atoms with van der Waals surface area (Å²) in [7, 11) is 0. The van der Waals surface area contributed by atoms with Gasteiger partial charge in [-0.15, -0.1) is 0 Å². The highest BCUT2D eigenvalue weighted by Crippen LogP contribution is 2.06. The Bertz CT molecular complexity index is 712. The molecule has 6 nitrogen and oxygen atoms in total. The molecule has 0 aliphatic heterocycles. The van der Waals surface area contributed by atoms with Crippen LogP contribution in [0.1, 0.15) is 31.3 Å². The van der Waals surface area contributed by atoms with Gasteiger partial charge < -0.3 is 4.74 Å². The first-order valence-electron chi connectivity index (χ1n) is 8.02. The van der Waals surface area contributed by atoms with E-state index in [4.69, 9.17) is 4.74 Å². The number of nitrogens with zero attached hydrogens (tertiary/aromatic N) is 4. The van der Waals surface area contributed by atoms with E-state index in [-0.39, 0.29) is 5.69 Å². The van der Waals surface area contributed by atoms with Gasteiger partial charge in [0, 0.05) is 12.4 Å². The van der Waals surface area contributed by atoms with Gasteiger partial charge in [0.05, 0.1) is 6.54 Å². The molecule has 0 aliphatic carbocycles. The molecule has 0 saturated carbocycles. The quantitative estimate of drug-likeness (QED) is 0.601. The largest absolute Gasteiger partial charge is 0.445 e. The van der Waals surface area contributed by atoms with Gasteiger partial charge in [0.15, 0.2) is 17.6 Å². The van der Waals surface area contributed by atoms with Crippen molar-refractivity contribution < 1.29 is 9.53 Å². The zero-order valence-electron chi connectivity index (χ0n) is 14.3. The average Bonchev–Trinajstić information content (AvgIpc) is 3.13. The van der Waals surface area contributed by atoms with Crippen molar-refractivity contribution in [2.45, 2.75) is 26.9 Å². The third kappa shape index (κ3) is 4.93. The number of pyridine rings is 1. The molecule has 0 aromatic carbocycles. The van der Waals surface area contributed by atoms with Crippen LogP contribution in [0.15, 0.2) is 36.7 Å². The molecule has 1 atom stereocenters. The Morgan fingerprint density at radius 1 is 1.33 bits per heavy atom. The second-order valence-corrected chi connectivity index (χ2v) is 5.16. The Kier molecular flexibility index (Phi) is 6.52. The van der Waals surface area contributed by atoms with Crippen LogP contribution in [0, 0.1) is 11.8 Å². The van der Waals surface area contributed by atoms with E-state index in [2.05, 4.69) is 40.7 Å². The normalized spacial score (nSPS) is 11.7. The fourth-order valence-corrected chi connectivity index (χ4v) is 2.07.